The maximum absolute atomic E-state index is 13.9. The topological polar surface area (TPSA) is 66.9 Å². The zero-order valence-corrected chi connectivity index (χ0v) is 22.4. The van der Waals surface area contributed by atoms with Gasteiger partial charge in [0.2, 0.25) is 15.9 Å². The van der Waals surface area contributed by atoms with Crippen LogP contribution in [0.2, 0.25) is 0 Å². The summed E-state index contributed by atoms with van der Waals surface area (Å²) in [7, 11) is -0.752. The number of sulfonamides is 1. The van der Waals surface area contributed by atoms with Crippen LogP contribution in [-0.4, -0.2) is 37.7 Å². The highest BCUT2D eigenvalue weighted by atomic mass is 32.2. The number of hydrogen-bond donors (Lipinski definition) is 0. The molecule has 1 amide bonds. The van der Waals surface area contributed by atoms with E-state index < -0.39 is 16.1 Å². The number of hydrogen-bond acceptors (Lipinski definition) is 4. The first-order chi connectivity index (χ1) is 18.4. The van der Waals surface area contributed by atoms with Crippen LogP contribution in [0.15, 0.2) is 120 Å². The number of amides is 1. The summed E-state index contributed by atoms with van der Waals surface area (Å²) in [6.07, 6.45) is -0.0193. The highest BCUT2D eigenvalue weighted by molar-refractivity contribution is 7.89. The molecule has 0 saturated heterocycles. The van der Waals surface area contributed by atoms with Crippen molar-refractivity contribution in [2.24, 2.45) is 0 Å². The lowest BCUT2D eigenvalue weighted by Crippen LogP contribution is -2.37. The average Bonchev–Trinajstić information content (AvgIpc) is 2.96. The fraction of sp³-hybridized carbons (Fsp3) is 0.194. The SMILES string of the molecule is COc1ccc([C@H](CC(=O)N(Cc2ccccc2)Cc2ccccc2)N(C)S(=O)(=O)c2ccccc2)cc1. The van der Waals surface area contributed by atoms with Gasteiger partial charge in [0, 0.05) is 26.6 Å². The zero-order valence-electron chi connectivity index (χ0n) is 21.6. The molecule has 0 aromatic heterocycles. The highest BCUT2D eigenvalue weighted by Crippen LogP contribution is 2.31. The molecule has 38 heavy (non-hydrogen) atoms. The maximum atomic E-state index is 13.9. The Morgan fingerprint density at radius 2 is 1.21 bits per heavy atom. The van der Waals surface area contributed by atoms with E-state index in [0.717, 1.165) is 11.1 Å². The van der Waals surface area contributed by atoms with Crippen LogP contribution in [0.25, 0.3) is 0 Å². The highest BCUT2D eigenvalue weighted by Gasteiger charge is 2.32. The van der Waals surface area contributed by atoms with Gasteiger partial charge >= 0.3 is 0 Å². The second kappa shape index (κ2) is 12.5. The van der Waals surface area contributed by atoms with Gasteiger partial charge in [-0.2, -0.15) is 4.31 Å². The third-order valence-corrected chi connectivity index (χ3v) is 8.39. The van der Waals surface area contributed by atoms with Crippen LogP contribution in [0, 0.1) is 0 Å². The molecule has 0 fully saturated rings. The van der Waals surface area contributed by atoms with Crippen molar-refractivity contribution in [1.29, 1.82) is 0 Å². The fourth-order valence-corrected chi connectivity index (χ4v) is 5.71. The smallest absolute Gasteiger partial charge is 0.243 e. The van der Waals surface area contributed by atoms with Crippen LogP contribution in [0.3, 0.4) is 0 Å². The minimum atomic E-state index is -3.86. The summed E-state index contributed by atoms with van der Waals surface area (Å²) < 4.78 is 33.7. The first-order valence-electron chi connectivity index (χ1n) is 12.4. The lowest BCUT2D eigenvalue weighted by molar-refractivity contribution is -0.133. The molecule has 196 valence electrons. The maximum Gasteiger partial charge on any atom is 0.243 e. The van der Waals surface area contributed by atoms with Gasteiger partial charge in [0.25, 0.3) is 0 Å². The molecule has 4 aromatic rings. The van der Waals surface area contributed by atoms with E-state index in [4.69, 9.17) is 4.74 Å². The van der Waals surface area contributed by atoms with E-state index in [9.17, 15) is 13.2 Å². The molecule has 0 bridgehead atoms. The summed E-state index contributed by atoms with van der Waals surface area (Å²) in [6, 6.07) is 34.4. The third-order valence-electron chi connectivity index (χ3n) is 6.51. The number of ether oxygens (including phenoxy) is 1. The van der Waals surface area contributed by atoms with Crippen LogP contribution in [0.4, 0.5) is 0 Å². The molecular formula is C31H32N2O4S. The van der Waals surface area contributed by atoms with Crippen molar-refractivity contribution < 1.29 is 17.9 Å². The van der Waals surface area contributed by atoms with Gasteiger partial charge in [0.1, 0.15) is 5.75 Å². The molecule has 6 nitrogen and oxygen atoms in total. The minimum absolute atomic E-state index is 0.0193. The summed E-state index contributed by atoms with van der Waals surface area (Å²) in [6.45, 7) is 0.831. The van der Waals surface area contributed by atoms with Crippen molar-refractivity contribution in [3.63, 3.8) is 0 Å². The Balaban J connectivity index is 1.67. The lowest BCUT2D eigenvalue weighted by Gasteiger charge is -2.31. The summed E-state index contributed by atoms with van der Waals surface area (Å²) >= 11 is 0. The molecule has 1 atom stereocenters. The minimum Gasteiger partial charge on any atom is -0.497 e. The average molecular weight is 529 g/mol. The Kier molecular flexibility index (Phi) is 8.94. The van der Waals surface area contributed by atoms with Crippen LogP contribution in [-0.2, 0) is 27.9 Å². The normalized spacial score (nSPS) is 12.2. The molecule has 0 aliphatic rings. The largest absolute Gasteiger partial charge is 0.497 e. The molecule has 0 spiro atoms. The predicted octanol–water partition coefficient (Wildman–Crippen LogP) is 5.68. The molecule has 0 saturated carbocycles. The van der Waals surface area contributed by atoms with Crippen molar-refractivity contribution >= 4 is 15.9 Å². The van der Waals surface area contributed by atoms with Gasteiger partial charge in [-0.25, -0.2) is 8.42 Å². The van der Waals surface area contributed by atoms with E-state index in [1.807, 2.05) is 72.8 Å². The number of methoxy groups -OCH3 is 1. The van der Waals surface area contributed by atoms with Crippen LogP contribution in [0.5, 0.6) is 5.75 Å². The van der Waals surface area contributed by atoms with Crippen molar-refractivity contribution in [1.82, 2.24) is 9.21 Å². The molecule has 4 rings (SSSR count). The van der Waals surface area contributed by atoms with E-state index in [1.165, 1.54) is 11.4 Å². The molecule has 0 unspecified atom stereocenters. The standard InChI is InChI=1S/C31H32N2O4S/c1-32(38(35,36)29-16-10-5-11-17-29)30(27-18-20-28(37-2)21-19-27)22-31(34)33(23-25-12-6-3-7-13-25)24-26-14-8-4-9-15-26/h3-21,30H,22-24H2,1-2H3/t30-/m0/s1. The molecule has 0 N–H and O–H groups in total. The number of benzene rings is 4. The molecule has 0 radical (unpaired) electrons. The molecular weight excluding hydrogens is 496 g/mol. The molecule has 0 heterocycles. The van der Waals surface area contributed by atoms with E-state index in [2.05, 4.69) is 0 Å². The van der Waals surface area contributed by atoms with Gasteiger partial charge in [-0.1, -0.05) is 91.0 Å². The summed E-state index contributed by atoms with van der Waals surface area (Å²) in [4.78, 5) is 15.9. The number of rotatable bonds is 11. The fourth-order valence-electron chi connectivity index (χ4n) is 4.34. The lowest BCUT2D eigenvalue weighted by atomic mass is 10.0. The molecule has 7 heteroatoms. The number of nitrogens with zero attached hydrogens (tertiary/aromatic N) is 2. The Morgan fingerprint density at radius 3 is 1.68 bits per heavy atom. The second-order valence-corrected chi connectivity index (χ2v) is 11.0. The first kappa shape index (κ1) is 27.1. The van der Waals surface area contributed by atoms with Crippen LogP contribution < -0.4 is 4.74 Å². The summed E-state index contributed by atoms with van der Waals surface area (Å²) in [5.41, 5.74) is 2.71. The first-order valence-corrected chi connectivity index (χ1v) is 13.8. The molecule has 4 aromatic carbocycles. The van der Waals surface area contributed by atoms with E-state index in [0.29, 0.717) is 24.4 Å². The van der Waals surface area contributed by atoms with E-state index >= 15 is 0 Å². The van der Waals surface area contributed by atoms with Gasteiger partial charge in [0.05, 0.1) is 18.0 Å². The van der Waals surface area contributed by atoms with Gasteiger partial charge in [-0.3, -0.25) is 4.79 Å². The Morgan fingerprint density at radius 1 is 0.737 bits per heavy atom. The quantitative estimate of drug-likeness (QED) is 0.251. The second-order valence-electron chi connectivity index (χ2n) is 9.05. The van der Waals surface area contributed by atoms with Crippen molar-refractivity contribution in [2.45, 2.75) is 30.4 Å². The van der Waals surface area contributed by atoms with Crippen LogP contribution >= 0.6 is 0 Å². The zero-order chi connectivity index (χ0) is 27.0. The van der Waals surface area contributed by atoms with E-state index in [1.54, 1.807) is 54.5 Å². The monoisotopic (exact) mass is 528 g/mol. The van der Waals surface area contributed by atoms with Crippen molar-refractivity contribution in [3.05, 3.63) is 132 Å². The molecule has 0 aliphatic carbocycles. The van der Waals surface area contributed by atoms with Gasteiger partial charge < -0.3 is 9.64 Å². The summed E-state index contributed by atoms with van der Waals surface area (Å²) in [5, 5.41) is 0. The van der Waals surface area contributed by atoms with Crippen molar-refractivity contribution in [3.8, 4) is 5.75 Å². The predicted molar refractivity (Wildman–Crippen MR) is 149 cm³/mol. The van der Waals surface area contributed by atoms with Gasteiger partial charge in [-0.05, 0) is 41.0 Å². The van der Waals surface area contributed by atoms with Gasteiger partial charge in [-0.15, -0.1) is 0 Å². The van der Waals surface area contributed by atoms with Crippen LogP contribution in [0.1, 0.15) is 29.2 Å². The summed E-state index contributed by atoms with van der Waals surface area (Å²) in [5.74, 6) is 0.510. The Bertz CT molecular complexity index is 1370. The van der Waals surface area contributed by atoms with E-state index in [-0.39, 0.29) is 17.2 Å². The van der Waals surface area contributed by atoms with Gasteiger partial charge in [0.15, 0.2) is 0 Å². The van der Waals surface area contributed by atoms with Crippen molar-refractivity contribution in [2.75, 3.05) is 14.2 Å². The number of carbonyl (C=O) groups is 1. The third kappa shape index (κ3) is 6.68. The Hall–Kier alpha value is -3.94. The number of carbonyl (C=O) groups excluding carboxylic acids is 1. The Labute approximate surface area is 225 Å². The molecule has 0 aliphatic heterocycles.